The van der Waals surface area contributed by atoms with E-state index in [0.29, 0.717) is 24.2 Å². The van der Waals surface area contributed by atoms with Crippen molar-refractivity contribution in [3.05, 3.63) is 47.5 Å². The summed E-state index contributed by atoms with van der Waals surface area (Å²) in [6.07, 6.45) is -0.648. The Bertz CT molecular complexity index is 1060. The summed E-state index contributed by atoms with van der Waals surface area (Å²) < 4.78 is 41.2. The van der Waals surface area contributed by atoms with Gasteiger partial charge in [-0.15, -0.1) is 0 Å². The van der Waals surface area contributed by atoms with Crippen LogP contribution in [0.4, 0.5) is 13.2 Å². The molecule has 1 fully saturated rings. The van der Waals surface area contributed by atoms with Crippen molar-refractivity contribution in [1.29, 1.82) is 0 Å². The van der Waals surface area contributed by atoms with E-state index in [4.69, 9.17) is 0 Å². The molecule has 3 aromatic heterocycles. The average molecular weight is 389 g/mol. The number of carbonyl (C=O) groups excluding carboxylic acids is 1. The second-order valence-electron chi connectivity index (χ2n) is 7.04. The highest BCUT2D eigenvalue weighted by molar-refractivity contribution is 6.00. The van der Waals surface area contributed by atoms with Gasteiger partial charge in [-0.25, -0.2) is 9.50 Å². The Morgan fingerprint density at radius 3 is 2.71 bits per heavy atom. The lowest BCUT2D eigenvalue weighted by atomic mass is 10.1. The monoisotopic (exact) mass is 389 g/mol. The zero-order valence-corrected chi connectivity index (χ0v) is 15.3. The molecule has 1 unspecified atom stereocenters. The lowest BCUT2D eigenvalue weighted by molar-refractivity contribution is -0.158. The number of aromatic nitrogens is 4. The summed E-state index contributed by atoms with van der Waals surface area (Å²) in [6, 6.07) is 3.58. The highest BCUT2D eigenvalue weighted by Crippen LogP contribution is 2.40. The van der Waals surface area contributed by atoms with E-state index in [0.717, 1.165) is 11.3 Å². The van der Waals surface area contributed by atoms with Crippen molar-refractivity contribution in [3.8, 4) is 11.3 Å². The molecule has 28 heavy (non-hydrogen) atoms. The smallest absolute Gasteiger partial charge is 0.340 e. The highest BCUT2D eigenvalue weighted by Gasteiger charge is 2.49. The Hall–Kier alpha value is -2.97. The third-order valence-electron chi connectivity index (χ3n) is 4.91. The Kier molecular flexibility index (Phi) is 4.32. The zero-order chi connectivity index (χ0) is 20.1. The van der Waals surface area contributed by atoms with Crippen LogP contribution < -0.4 is 5.32 Å². The normalized spacial score (nSPS) is 15.6. The van der Waals surface area contributed by atoms with Crippen LogP contribution in [0, 0.1) is 19.8 Å². The van der Waals surface area contributed by atoms with Gasteiger partial charge in [-0.05, 0) is 50.8 Å². The van der Waals surface area contributed by atoms with Crippen molar-refractivity contribution < 1.29 is 18.0 Å². The van der Waals surface area contributed by atoms with E-state index in [1.807, 2.05) is 13.0 Å². The minimum Gasteiger partial charge on any atom is -0.340 e. The van der Waals surface area contributed by atoms with Crippen LogP contribution in [-0.4, -0.2) is 37.7 Å². The molecule has 0 radical (unpaired) electrons. The fourth-order valence-corrected chi connectivity index (χ4v) is 3.28. The highest BCUT2D eigenvalue weighted by atomic mass is 19.4. The minimum absolute atomic E-state index is 0.0152. The first kappa shape index (κ1) is 18.4. The Labute approximate surface area is 158 Å². The van der Waals surface area contributed by atoms with Crippen LogP contribution in [0.25, 0.3) is 16.9 Å². The van der Waals surface area contributed by atoms with Crippen molar-refractivity contribution in [2.75, 3.05) is 0 Å². The first-order valence-electron chi connectivity index (χ1n) is 8.90. The summed E-state index contributed by atoms with van der Waals surface area (Å²) in [5.41, 5.74) is 3.06. The van der Waals surface area contributed by atoms with Gasteiger partial charge in [0.1, 0.15) is 11.6 Å². The molecule has 1 N–H and O–H groups in total. The molecule has 0 saturated heterocycles. The quantitative estimate of drug-likeness (QED) is 0.742. The van der Waals surface area contributed by atoms with Crippen LogP contribution in [0.3, 0.4) is 0 Å². The van der Waals surface area contributed by atoms with E-state index in [-0.39, 0.29) is 11.2 Å². The summed E-state index contributed by atoms with van der Waals surface area (Å²) >= 11 is 0. The number of hydrogen-bond acceptors (Lipinski definition) is 4. The lowest BCUT2D eigenvalue weighted by Crippen LogP contribution is -2.46. The molecule has 1 amide bonds. The number of carbonyl (C=O) groups is 1. The number of aryl methyl sites for hydroxylation is 2. The van der Waals surface area contributed by atoms with Gasteiger partial charge >= 0.3 is 6.18 Å². The standard InChI is InChI=1S/C19H18F3N5O/c1-10-8-15(13-4-3-7-23-11(13)2)25-17-14(9-24-27(10)17)18(28)26-16(12-5-6-12)19(20,21)22/h3-4,7-9,12,16H,5-6H2,1-2H3,(H,26,28). The molecule has 9 heteroatoms. The molecule has 1 saturated carbocycles. The fraction of sp³-hybridized carbons (Fsp3) is 0.368. The third kappa shape index (κ3) is 3.32. The summed E-state index contributed by atoms with van der Waals surface area (Å²) in [4.78, 5) is 21.4. The number of pyridine rings is 1. The molecule has 1 atom stereocenters. The molecule has 3 heterocycles. The fourth-order valence-electron chi connectivity index (χ4n) is 3.28. The van der Waals surface area contributed by atoms with Crippen molar-refractivity contribution in [2.24, 2.45) is 5.92 Å². The number of nitrogens with zero attached hydrogens (tertiary/aromatic N) is 4. The second kappa shape index (κ2) is 6.57. The summed E-state index contributed by atoms with van der Waals surface area (Å²) in [5, 5.41) is 6.26. The second-order valence-corrected chi connectivity index (χ2v) is 7.04. The van der Waals surface area contributed by atoms with E-state index in [2.05, 4.69) is 20.4 Å². The number of halogens is 3. The predicted molar refractivity (Wildman–Crippen MR) is 95.7 cm³/mol. The van der Waals surface area contributed by atoms with Gasteiger partial charge in [0.05, 0.1) is 11.9 Å². The van der Waals surface area contributed by atoms with Crippen molar-refractivity contribution in [1.82, 2.24) is 24.9 Å². The van der Waals surface area contributed by atoms with E-state index in [1.165, 1.54) is 10.7 Å². The number of fused-ring (bicyclic) bond motifs is 1. The topological polar surface area (TPSA) is 72.2 Å². The maximum Gasteiger partial charge on any atom is 0.408 e. The Balaban J connectivity index is 1.74. The van der Waals surface area contributed by atoms with Crippen LogP contribution in [0.15, 0.2) is 30.6 Å². The van der Waals surface area contributed by atoms with Crippen molar-refractivity contribution in [2.45, 2.75) is 38.9 Å². The van der Waals surface area contributed by atoms with Gasteiger partial charge in [-0.1, -0.05) is 0 Å². The van der Waals surface area contributed by atoms with E-state index in [1.54, 1.807) is 25.3 Å². The number of alkyl halides is 3. The zero-order valence-electron chi connectivity index (χ0n) is 15.3. The average Bonchev–Trinajstić information content (AvgIpc) is 3.37. The van der Waals surface area contributed by atoms with E-state index in [9.17, 15) is 18.0 Å². The predicted octanol–water partition coefficient (Wildman–Crippen LogP) is 3.48. The van der Waals surface area contributed by atoms with Gasteiger partial charge in [-0.3, -0.25) is 9.78 Å². The van der Waals surface area contributed by atoms with Crippen LogP contribution >= 0.6 is 0 Å². The van der Waals surface area contributed by atoms with Crippen LogP contribution in [-0.2, 0) is 0 Å². The van der Waals surface area contributed by atoms with Gasteiger partial charge < -0.3 is 5.32 Å². The van der Waals surface area contributed by atoms with Crippen LogP contribution in [0.2, 0.25) is 0 Å². The number of hydrogen-bond donors (Lipinski definition) is 1. The molecule has 1 aliphatic rings. The maximum atomic E-state index is 13.3. The van der Waals surface area contributed by atoms with E-state index < -0.39 is 24.0 Å². The molecule has 0 spiro atoms. The first-order valence-corrected chi connectivity index (χ1v) is 8.90. The molecule has 146 valence electrons. The van der Waals surface area contributed by atoms with Gasteiger partial charge in [0.25, 0.3) is 5.91 Å². The summed E-state index contributed by atoms with van der Waals surface area (Å²) in [5.74, 6) is -1.38. The molecule has 1 aliphatic carbocycles. The summed E-state index contributed by atoms with van der Waals surface area (Å²) in [6.45, 7) is 3.63. The Morgan fingerprint density at radius 1 is 1.32 bits per heavy atom. The van der Waals surface area contributed by atoms with Crippen LogP contribution in [0.5, 0.6) is 0 Å². The lowest BCUT2D eigenvalue weighted by Gasteiger charge is -2.20. The van der Waals surface area contributed by atoms with Gasteiger partial charge in [0, 0.05) is 23.1 Å². The summed E-state index contributed by atoms with van der Waals surface area (Å²) in [7, 11) is 0. The minimum atomic E-state index is -4.48. The third-order valence-corrected chi connectivity index (χ3v) is 4.91. The largest absolute Gasteiger partial charge is 0.408 e. The molecule has 4 rings (SSSR count). The molecule has 0 aliphatic heterocycles. The van der Waals surface area contributed by atoms with Crippen LogP contribution in [0.1, 0.15) is 34.6 Å². The van der Waals surface area contributed by atoms with Gasteiger partial charge in [-0.2, -0.15) is 18.3 Å². The molecular weight excluding hydrogens is 371 g/mol. The Morgan fingerprint density at radius 2 is 2.07 bits per heavy atom. The molecule has 0 aromatic carbocycles. The number of amides is 1. The van der Waals surface area contributed by atoms with Crippen molar-refractivity contribution in [3.63, 3.8) is 0 Å². The van der Waals surface area contributed by atoms with E-state index >= 15 is 0 Å². The van der Waals surface area contributed by atoms with Gasteiger partial charge in [0.2, 0.25) is 0 Å². The van der Waals surface area contributed by atoms with Crippen molar-refractivity contribution >= 4 is 11.6 Å². The molecular formula is C19H18F3N5O. The number of rotatable bonds is 4. The maximum absolute atomic E-state index is 13.3. The van der Waals surface area contributed by atoms with Gasteiger partial charge in [0.15, 0.2) is 5.65 Å². The molecule has 6 nitrogen and oxygen atoms in total. The molecule has 3 aromatic rings. The first-order chi connectivity index (χ1) is 13.3. The SMILES string of the molecule is Cc1ncccc1-c1cc(C)n2ncc(C(=O)NC(C3CC3)C(F)(F)F)c2n1. The molecule has 0 bridgehead atoms. The number of nitrogens with one attached hydrogen (secondary N) is 1.